The molecule has 0 aliphatic heterocycles. The van der Waals surface area contributed by atoms with E-state index in [2.05, 4.69) is 21.2 Å². The number of hydrogen-bond donors (Lipinski definition) is 2. The molecule has 0 bridgehead atoms. The maximum absolute atomic E-state index is 12.3. The number of aromatic nitrogens is 2. The third-order valence-electron chi connectivity index (χ3n) is 3.15. The van der Waals surface area contributed by atoms with E-state index < -0.39 is 17.9 Å². The number of amides is 1. The molecular formula is C16H14ClN3O3. The van der Waals surface area contributed by atoms with Gasteiger partial charge < -0.3 is 15.0 Å². The highest BCUT2D eigenvalue weighted by Crippen LogP contribution is 2.18. The van der Waals surface area contributed by atoms with Crippen LogP contribution in [0.1, 0.15) is 21.6 Å². The van der Waals surface area contributed by atoms with Crippen LogP contribution in [0.25, 0.3) is 0 Å². The van der Waals surface area contributed by atoms with E-state index in [4.69, 9.17) is 22.8 Å². The largest absolute Gasteiger partial charge is 0.467 e. The van der Waals surface area contributed by atoms with Crippen LogP contribution in [0.5, 0.6) is 0 Å². The molecule has 118 valence electrons. The Morgan fingerprint density at radius 1 is 1.52 bits per heavy atom. The average molecular weight is 332 g/mol. The zero-order chi connectivity index (χ0) is 16.8. The molecule has 23 heavy (non-hydrogen) atoms. The van der Waals surface area contributed by atoms with Gasteiger partial charge in [0.15, 0.2) is 0 Å². The number of H-pyrrole nitrogens is 1. The molecule has 1 amide bonds. The molecule has 0 radical (unpaired) electrons. The maximum atomic E-state index is 12.3. The van der Waals surface area contributed by atoms with Crippen molar-refractivity contribution >= 4 is 23.5 Å². The lowest BCUT2D eigenvalue weighted by Gasteiger charge is -2.16. The number of halogens is 1. The summed E-state index contributed by atoms with van der Waals surface area (Å²) in [6.07, 6.45) is 8.55. The Balaban J connectivity index is 2.17. The smallest absolute Gasteiger partial charge is 0.328 e. The molecule has 0 aliphatic rings. The van der Waals surface area contributed by atoms with Crippen LogP contribution in [0.15, 0.2) is 30.7 Å². The number of methoxy groups -OCH3 is 1. The number of hydrogen-bond acceptors (Lipinski definition) is 4. The van der Waals surface area contributed by atoms with E-state index in [0.29, 0.717) is 11.3 Å². The minimum absolute atomic E-state index is 0.211. The van der Waals surface area contributed by atoms with Gasteiger partial charge in [-0.15, -0.1) is 6.42 Å². The number of nitrogens with zero attached hydrogens (tertiary/aromatic N) is 1. The molecule has 1 aromatic carbocycles. The molecule has 0 spiro atoms. The Morgan fingerprint density at radius 3 is 2.87 bits per heavy atom. The Kier molecular flexibility index (Phi) is 5.39. The van der Waals surface area contributed by atoms with Crippen LogP contribution in [0.4, 0.5) is 0 Å². The van der Waals surface area contributed by atoms with Crippen LogP contribution in [-0.2, 0) is 16.0 Å². The molecule has 2 N–H and O–H groups in total. The van der Waals surface area contributed by atoms with Gasteiger partial charge in [-0.1, -0.05) is 17.5 Å². The van der Waals surface area contributed by atoms with Crippen molar-refractivity contribution in [2.24, 2.45) is 0 Å². The fourth-order valence-corrected chi connectivity index (χ4v) is 2.24. The normalized spacial score (nSPS) is 11.3. The van der Waals surface area contributed by atoms with Gasteiger partial charge in [-0.25, -0.2) is 9.78 Å². The molecule has 1 aromatic heterocycles. The molecule has 0 saturated carbocycles. The van der Waals surface area contributed by atoms with Crippen molar-refractivity contribution in [1.29, 1.82) is 0 Å². The van der Waals surface area contributed by atoms with Crippen LogP contribution >= 0.6 is 11.6 Å². The summed E-state index contributed by atoms with van der Waals surface area (Å²) in [6.45, 7) is 0. The second-order valence-corrected chi connectivity index (χ2v) is 5.08. The first-order chi connectivity index (χ1) is 11.0. The molecule has 0 aliphatic carbocycles. The Morgan fingerprint density at radius 2 is 2.30 bits per heavy atom. The number of aromatic amines is 1. The summed E-state index contributed by atoms with van der Waals surface area (Å²) < 4.78 is 4.72. The van der Waals surface area contributed by atoms with E-state index in [1.165, 1.54) is 25.6 Å². The SMILES string of the molecule is C#Cc1ccc(C(=O)N[C@H](Cc2cnc[nH]2)C(=O)OC)c(Cl)c1. The lowest BCUT2D eigenvalue weighted by Crippen LogP contribution is -2.43. The van der Waals surface area contributed by atoms with E-state index in [0.717, 1.165) is 0 Å². The molecule has 6 nitrogen and oxygen atoms in total. The molecular weight excluding hydrogens is 318 g/mol. The van der Waals surface area contributed by atoms with Crippen molar-refractivity contribution in [2.75, 3.05) is 7.11 Å². The summed E-state index contributed by atoms with van der Waals surface area (Å²) in [5.74, 6) is 1.37. The van der Waals surface area contributed by atoms with Crippen molar-refractivity contribution in [3.05, 3.63) is 52.6 Å². The number of terminal acetylenes is 1. The van der Waals surface area contributed by atoms with E-state index in [9.17, 15) is 9.59 Å². The first-order valence-corrected chi connectivity index (χ1v) is 7.05. The monoisotopic (exact) mass is 331 g/mol. The summed E-state index contributed by atoms with van der Waals surface area (Å²) in [5, 5.41) is 2.81. The van der Waals surface area contributed by atoms with Gasteiger partial charge in [0.25, 0.3) is 5.91 Å². The predicted octanol–water partition coefficient (Wildman–Crippen LogP) is 1.56. The summed E-state index contributed by atoms with van der Waals surface area (Å²) in [4.78, 5) is 30.9. The fourth-order valence-electron chi connectivity index (χ4n) is 1.98. The van der Waals surface area contributed by atoms with E-state index in [1.807, 2.05) is 0 Å². The predicted molar refractivity (Wildman–Crippen MR) is 84.9 cm³/mol. The summed E-state index contributed by atoms with van der Waals surface area (Å²) in [7, 11) is 1.25. The summed E-state index contributed by atoms with van der Waals surface area (Å²) in [5.41, 5.74) is 1.48. The van der Waals surface area contributed by atoms with E-state index in [1.54, 1.807) is 12.3 Å². The van der Waals surface area contributed by atoms with Crippen molar-refractivity contribution in [1.82, 2.24) is 15.3 Å². The van der Waals surface area contributed by atoms with Gasteiger partial charge in [0.2, 0.25) is 0 Å². The van der Waals surface area contributed by atoms with Crippen LogP contribution in [-0.4, -0.2) is 35.0 Å². The second kappa shape index (κ2) is 7.47. The molecule has 1 heterocycles. The summed E-state index contributed by atoms with van der Waals surface area (Å²) in [6, 6.07) is 3.76. The molecule has 0 saturated heterocycles. The zero-order valence-corrected chi connectivity index (χ0v) is 13.1. The molecule has 0 fully saturated rings. The minimum Gasteiger partial charge on any atom is -0.467 e. The summed E-state index contributed by atoms with van der Waals surface area (Å²) >= 11 is 6.05. The molecule has 2 rings (SSSR count). The lowest BCUT2D eigenvalue weighted by atomic mass is 10.1. The standard InChI is InChI=1S/C16H14ClN3O3/c1-3-10-4-5-12(13(17)6-10)15(21)20-14(16(22)23-2)7-11-8-18-9-19-11/h1,4-6,8-9,14H,7H2,2H3,(H,18,19)(H,20,21)/t14-/m1/s1. The Hall–Kier alpha value is -2.78. The number of imidazole rings is 1. The third-order valence-corrected chi connectivity index (χ3v) is 3.46. The van der Waals surface area contributed by atoms with Crippen molar-refractivity contribution in [3.63, 3.8) is 0 Å². The number of rotatable bonds is 5. The quantitative estimate of drug-likeness (QED) is 0.643. The zero-order valence-electron chi connectivity index (χ0n) is 12.3. The van der Waals surface area contributed by atoms with Gasteiger partial charge in [0.05, 0.1) is 24.0 Å². The van der Waals surface area contributed by atoms with Gasteiger partial charge in [-0.05, 0) is 18.2 Å². The maximum Gasteiger partial charge on any atom is 0.328 e. The minimum atomic E-state index is -0.865. The number of benzene rings is 1. The lowest BCUT2D eigenvalue weighted by molar-refractivity contribution is -0.142. The number of carbonyl (C=O) groups excluding carboxylic acids is 2. The first kappa shape index (κ1) is 16.6. The molecule has 2 aromatic rings. The van der Waals surface area contributed by atoms with Gasteiger partial charge in [-0.2, -0.15) is 0 Å². The van der Waals surface area contributed by atoms with Gasteiger partial charge >= 0.3 is 5.97 Å². The number of carbonyl (C=O) groups is 2. The van der Waals surface area contributed by atoms with Gasteiger partial charge in [-0.3, -0.25) is 4.79 Å². The van der Waals surface area contributed by atoms with Crippen LogP contribution in [0, 0.1) is 12.3 Å². The first-order valence-electron chi connectivity index (χ1n) is 6.67. The van der Waals surface area contributed by atoms with E-state index >= 15 is 0 Å². The highest BCUT2D eigenvalue weighted by molar-refractivity contribution is 6.34. The molecule has 1 atom stereocenters. The van der Waals surface area contributed by atoms with Crippen LogP contribution in [0.3, 0.4) is 0 Å². The van der Waals surface area contributed by atoms with E-state index in [-0.39, 0.29) is 17.0 Å². The number of ether oxygens (including phenoxy) is 1. The Labute approximate surface area is 138 Å². The highest BCUT2D eigenvalue weighted by Gasteiger charge is 2.24. The van der Waals surface area contributed by atoms with Crippen molar-refractivity contribution in [2.45, 2.75) is 12.5 Å². The molecule has 0 unspecified atom stereocenters. The van der Waals surface area contributed by atoms with Gasteiger partial charge in [0, 0.05) is 23.9 Å². The van der Waals surface area contributed by atoms with Gasteiger partial charge in [0.1, 0.15) is 6.04 Å². The van der Waals surface area contributed by atoms with Crippen LogP contribution < -0.4 is 5.32 Å². The number of esters is 1. The fraction of sp³-hybridized carbons (Fsp3) is 0.188. The molecule has 7 heteroatoms. The Bertz CT molecular complexity index is 750. The third kappa shape index (κ3) is 4.11. The second-order valence-electron chi connectivity index (χ2n) is 4.67. The van der Waals surface area contributed by atoms with Crippen molar-refractivity contribution < 1.29 is 14.3 Å². The van der Waals surface area contributed by atoms with Crippen molar-refractivity contribution in [3.8, 4) is 12.3 Å². The highest BCUT2D eigenvalue weighted by atomic mass is 35.5. The number of nitrogens with one attached hydrogen (secondary N) is 2. The van der Waals surface area contributed by atoms with Crippen LogP contribution in [0.2, 0.25) is 5.02 Å². The average Bonchev–Trinajstić information content (AvgIpc) is 3.06. The topological polar surface area (TPSA) is 84.1 Å².